The Morgan fingerprint density at radius 1 is 1.10 bits per heavy atom. The molecule has 0 saturated carbocycles. The van der Waals surface area contributed by atoms with Crippen molar-refractivity contribution in [3.8, 4) is 0 Å². The summed E-state index contributed by atoms with van der Waals surface area (Å²) in [6.07, 6.45) is 0.389. The zero-order chi connectivity index (χ0) is 14.7. The van der Waals surface area contributed by atoms with Gasteiger partial charge in [-0.3, -0.25) is 14.4 Å². The first-order chi connectivity index (χ1) is 9.45. The second kappa shape index (κ2) is 5.70. The first kappa shape index (κ1) is 14.0. The molecular weight excluding hydrogens is 260 g/mol. The maximum absolute atomic E-state index is 11.8. The number of anilines is 1. The normalized spacial score (nSPS) is 14.4. The number of amides is 3. The average molecular weight is 276 g/mol. The highest BCUT2D eigenvalue weighted by molar-refractivity contribution is 6.01. The molecule has 0 bridgehead atoms. The van der Waals surface area contributed by atoms with Crippen molar-refractivity contribution in [1.82, 2.24) is 5.32 Å². The molecule has 0 aliphatic carbocycles. The molecule has 7 heteroatoms. The molecule has 1 saturated heterocycles. The number of nitrogens with two attached hydrogens (primary N) is 2. The van der Waals surface area contributed by atoms with E-state index in [0.717, 1.165) is 13.1 Å². The van der Waals surface area contributed by atoms with Crippen LogP contribution < -0.4 is 22.1 Å². The molecule has 3 amide bonds. The minimum atomic E-state index is -0.688. The lowest BCUT2D eigenvalue weighted by molar-refractivity contribution is -0.117. The van der Waals surface area contributed by atoms with E-state index in [9.17, 15) is 14.4 Å². The van der Waals surface area contributed by atoms with Gasteiger partial charge >= 0.3 is 0 Å². The number of hydrogen-bond acceptors (Lipinski definition) is 4. The number of hydrogen-bond donors (Lipinski definition) is 4. The van der Waals surface area contributed by atoms with Crippen molar-refractivity contribution >= 4 is 23.4 Å². The van der Waals surface area contributed by atoms with Crippen molar-refractivity contribution in [1.29, 1.82) is 0 Å². The van der Waals surface area contributed by atoms with Gasteiger partial charge in [0.15, 0.2) is 0 Å². The lowest BCUT2D eigenvalue weighted by Gasteiger charge is -2.26. The summed E-state index contributed by atoms with van der Waals surface area (Å²) in [5.74, 6) is -1.22. The van der Waals surface area contributed by atoms with Gasteiger partial charge in [-0.1, -0.05) is 0 Å². The first-order valence-corrected chi connectivity index (χ1v) is 6.21. The van der Waals surface area contributed by atoms with Crippen molar-refractivity contribution in [2.75, 3.05) is 18.4 Å². The second-order valence-corrected chi connectivity index (χ2v) is 4.80. The smallest absolute Gasteiger partial charge is 0.248 e. The molecule has 0 unspecified atom stereocenters. The summed E-state index contributed by atoms with van der Waals surface area (Å²) in [5.41, 5.74) is 11.0. The van der Waals surface area contributed by atoms with Crippen LogP contribution in [0.1, 0.15) is 27.1 Å². The maximum Gasteiger partial charge on any atom is 0.248 e. The van der Waals surface area contributed by atoms with Crippen molar-refractivity contribution in [2.45, 2.75) is 6.42 Å². The molecule has 0 radical (unpaired) electrons. The highest BCUT2D eigenvalue weighted by Gasteiger charge is 2.20. The van der Waals surface area contributed by atoms with E-state index >= 15 is 0 Å². The predicted molar refractivity (Wildman–Crippen MR) is 73.1 cm³/mol. The Kier molecular flexibility index (Phi) is 3.99. The van der Waals surface area contributed by atoms with E-state index in [1.165, 1.54) is 18.2 Å². The number of rotatable bonds is 5. The molecule has 6 N–H and O–H groups in total. The summed E-state index contributed by atoms with van der Waals surface area (Å²) < 4.78 is 0. The van der Waals surface area contributed by atoms with E-state index in [4.69, 9.17) is 11.5 Å². The Labute approximate surface area is 115 Å². The van der Waals surface area contributed by atoms with Crippen LogP contribution in [-0.2, 0) is 4.79 Å². The van der Waals surface area contributed by atoms with Gasteiger partial charge in [-0.2, -0.15) is 0 Å². The molecule has 106 valence electrons. The van der Waals surface area contributed by atoms with Crippen molar-refractivity contribution in [2.24, 2.45) is 17.4 Å². The molecule has 20 heavy (non-hydrogen) atoms. The fourth-order valence-corrected chi connectivity index (χ4v) is 1.95. The SMILES string of the molecule is NC(=O)c1cc(NC(=O)CC2CNC2)cc(C(N)=O)c1. The molecule has 1 fully saturated rings. The molecule has 2 rings (SSSR count). The van der Waals surface area contributed by atoms with E-state index in [1.54, 1.807) is 0 Å². The summed E-state index contributed by atoms with van der Waals surface area (Å²) in [4.78, 5) is 34.2. The molecular formula is C13H16N4O3. The van der Waals surface area contributed by atoms with E-state index < -0.39 is 11.8 Å². The van der Waals surface area contributed by atoms with Gasteiger partial charge in [0.25, 0.3) is 0 Å². The molecule has 0 atom stereocenters. The second-order valence-electron chi connectivity index (χ2n) is 4.80. The monoisotopic (exact) mass is 276 g/mol. The summed E-state index contributed by atoms with van der Waals surface area (Å²) in [6, 6.07) is 4.15. The Morgan fingerprint density at radius 2 is 1.65 bits per heavy atom. The van der Waals surface area contributed by atoms with Crippen LogP contribution in [0.2, 0.25) is 0 Å². The molecule has 1 aliphatic rings. The maximum atomic E-state index is 11.8. The molecule has 1 heterocycles. The van der Waals surface area contributed by atoms with Gasteiger partial charge in [0.2, 0.25) is 17.7 Å². The highest BCUT2D eigenvalue weighted by atomic mass is 16.2. The minimum absolute atomic E-state index is 0.127. The van der Waals surface area contributed by atoms with Gasteiger partial charge in [0.1, 0.15) is 0 Å². The third-order valence-corrected chi connectivity index (χ3v) is 3.13. The van der Waals surface area contributed by atoms with Crippen LogP contribution in [-0.4, -0.2) is 30.8 Å². The lowest BCUT2D eigenvalue weighted by Crippen LogP contribution is -2.43. The highest BCUT2D eigenvalue weighted by Crippen LogP contribution is 2.16. The summed E-state index contributed by atoms with van der Waals surface area (Å²) in [6.45, 7) is 1.64. The van der Waals surface area contributed by atoms with Crippen molar-refractivity contribution in [3.63, 3.8) is 0 Å². The number of carbonyl (C=O) groups is 3. The zero-order valence-corrected chi connectivity index (χ0v) is 10.8. The zero-order valence-electron chi connectivity index (χ0n) is 10.8. The Balaban J connectivity index is 2.14. The number of benzene rings is 1. The largest absolute Gasteiger partial charge is 0.366 e. The lowest BCUT2D eigenvalue weighted by atomic mass is 9.99. The van der Waals surface area contributed by atoms with Crippen LogP contribution >= 0.6 is 0 Å². The third-order valence-electron chi connectivity index (χ3n) is 3.13. The summed E-state index contributed by atoms with van der Waals surface area (Å²) >= 11 is 0. The van der Waals surface area contributed by atoms with Crippen molar-refractivity contribution in [3.05, 3.63) is 29.3 Å². The van der Waals surface area contributed by atoms with E-state index in [-0.39, 0.29) is 17.0 Å². The van der Waals surface area contributed by atoms with E-state index in [2.05, 4.69) is 10.6 Å². The molecule has 1 aliphatic heterocycles. The van der Waals surface area contributed by atoms with Gasteiger partial charge < -0.3 is 22.1 Å². The van der Waals surface area contributed by atoms with E-state index in [1.807, 2.05) is 0 Å². The summed E-state index contributed by atoms with van der Waals surface area (Å²) in [7, 11) is 0. The number of primary amides is 2. The van der Waals surface area contributed by atoms with Crippen molar-refractivity contribution < 1.29 is 14.4 Å². The minimum Gasteiger partial charge on any atom is -0.366 e. The topological polar surface area (TPSA) is 127 Å². The van der Waals surface area contributed by atoms with Gasteiger partial charge in [-0.05, 0) is 37.2 Å². The average Bonchev–Trinajstić information content (AvgIpc) is 2.33. The predicted octanol–water partition coefficient (Wildman–Crippen LogP) is -0.568. The fraction of sp³-hybridized carbons (Fsp3) is 0.308. The van der Waals surface area contributed by atoms with Crippen LogP contribution in [0, 0.1) is 5.92 Å². The Bertz CT molecular complexity index is 534. The number of nitrogens with one attached hydrogen (secondary N) is 2. The van der Waals surface area contributed by atoms with Gasteiger partial charge in [-0.15, -0.1) is 0 Å². The Hall–Kier alpha value is -2.41. The number of carbonyl (C=O) groups excluding carboxylic acids is 3. The van der Waals surface area contributed by atoms with E-state index in [0.29, 0.717) is 18.0 Å². The molecule has 7 nitrogen and oxygen atoms in total. The molecule has 0 spiro atoms. The fourth-order valence-electron chi connectivity index (χ4n) is 1.95. The van der Waals surface area contributed by atoms with Crippen LogP contribution in [0.15, 0.2) is 18.2 Å². The van der Waals surface area contributed by atoms with Crippen LogP contribution in [0.3, 0.4) is 0 Å². The molecule has 1 aromatic rings. The quantitative estimate of drug-likeness (QED) is 0.574. The molecule has 0 aromatic heterocycles. The third kappa shape index (κ3) is 3.33. The summed E-state index contributed by atoms with van der Waals surface area (Å²) in [5, 5.41) is 5.73. The Morgan fingerprint density at radius 3 is 2.05 bits per heavy atom. The van der Waals surface area contributed by atoms with Crippen LogP contribution in [0.25, 0.3) is 0 Å². The van der Waals surface area contributed by atoms with Crippen LogP contribution in [0.4, 0.5) is 5.69 Å². The van der Waals surface area contributed by atoms with Gasteiger partial charge in [0.05, 0.1) is 0 Å². The first-order valence-electron chi connectivity index (χ1n) is 6.21. The molecule has 1 aromatic carbocycles. The van der Waals surface area contributed by atoms with Crippen LogP contribution in [0.5, 0.6) is 0 Å². The van der Waals surface area contributed by atoms with Gasteiger partial charge in [0, 0.05) is 23.2 Å². The van der Waals surface area contributed by atoms with Gasteiger partial charge in [-0.25, -0.2) is 0 Å². The standard InChI is InChI=1S/C13H16N4O3/c14-12(19)8-2-9(13(15)20)4-10(3-8)17-11(18)1-7-5-16-6-7/h2-4,7,16H,1,5-6H2,(H2,14,19)(H2,15,20)(H,17,18).